The number of carbonyl (C=O) groups excluding carboxylic acids is 4. The predicted molar refractivity (Wildman–Crippen MR) is 120 cm³/mol. The summed E-state index contributed by atoms with van der Waals surface area (Å²) in [5, 5.41) is 11.1. The van der Waals surface area contributed by atoms with E-state index in [1.165, 1.54) is 13.8 Å². The van der Waals surface area contributed by atoms with E-state index >= 15 is 0 Å². The summed E-state index contributed by atoms with van der Waals surface area (Å²) in [7, 11) is 0. The van der Waals surface area contributed by atoms with Gasteiger partial charge in [-0.3, -0.25) is 19.2 Å². The summed E-state index contributed by atoms with van der Waals surface area (Å²) in [4.78, 5) is 48.2. The molecular formula is C23H26N4O4. The van der Waals surface area contributed by atoms with Gasteiger partial charge >= 0.3 is 0 Å². The molecule has 2 atom stereocenters. The van der Waals surface area contributed by atoms with Gasteiger partial charge in [-0.05, 0) is 49.2 Å². The lowest BCUT2D eigenvalue weighted by Gasteiger charge is -2.19. The fraction of sp³-hybridized carbons (Fsp3) is 0.304. The summed E-state index contributed by atoms with van der Waals surface area (Å²) in [6.07, 6.45) is 2.04. The molecule has 2 aromatic rings. The zero-order chi connectivity index (χ0) is 22.4. The van der Waals surface area contributed by atoms with Crippen molar-refractivity contribution in [1.82, 2.24) is 0 Å². The van der Waals surface area contributed by atoms with Gasteiger partial charge in [0.15, 0.2) is 0 Å². The quantitative estimate of drug-likeness (QED) is 0.569. The Labute approximate surface area is 180 Å². The molecule has 3 rings (SSSR count). The minimum atomic E-state index is -0.442. The van der Waals surface area contributed by atoms with Crippen molar-refractivity contribution in [1.29, 1.82) is 0 Å². The maximum atomic E-state index is 12.9. The molecule has 1 aliphatic carbocycles. The molecule has 0 aromatic heterocycles. The second-order valence-electron chi connectivity index (χ2n) is 7.65. The van der Waals surface area contributed by atoms with E-state index in [1.54, 1.807) is 48.5 Å². The van der Waals surface area contributed by atoms with Gasteiger partial charge in [0.2, 0.25) is 23.6 Å². The lowest BCUT2D eigenvalue weighted by atomic mass is 9.94. The van der Waals surface area contributed by atoms with Crippen LogP contribution in [0.3, 0.4) is 0 Å². The van der Waals surface area contributed by atoms with E-state index in [-0.39, 0.29) is 23.6 Å². The predicted octanol–water partition coefficient (Wildman–Crippen LogP) is 3.60. The van der Waals surface area contributed by atoms with Crippen LogP contribution in [0.5, 0.6) is 0 Å². The monoisotopic (exact) mass is 422 g/mol. The molecule has 4 amide bonds. The lowest BCUT2D eigenvalue weighted by molar-refractivity contribution is -0.128. The van der Waals surface area contributed by atoms with Gasteiger partial charge in [-0.25, -0.2) is 0 Å². The second-order valence-corrected chi connectivity index (χ2v) is 7.65. The van der Waals surface area contributed by atoms with Gasteiger partial charge < -0.3 is 21.3 Å². The highest BCUT2D eigenvalue weighted by Crippen LogP contribution is 2.34. The van der Waals surface area contributed by atoms with Gasteiger partial charge in [-0.15, -0.1) is 0 Å². The zero-order valence-electron chi connectivity index (χ0n) is 17.5. The molecule has 2 aromatic carbocycles. The van der Waals surface area contributed by atoms with E-state index in [9.17, 15) is 19.2 Å². The Bertz CT molecular complexity index is 925. The fourth-order valence-electron chi connectivity index (χ4n) is 3.81. The van der Waals surface area contributed by atoms with E-state index in [0.29, 0.717) is 35.6 Å². The third kappa shape index (κ3) is 6.15. The highest BCUT2D eigenvalue weighted by atomic mass is 16.2. The van der Waals surface area contributed by atoms with Crippen LogP contribution >= 0.6 is 0 Å². The van der Waals surface area contributed by atoms with E-state index in [1.807, 2.05) is 0 Å². The topological polar surface area (TPSA) is 116 Å². The van der Waals surface area contributed by atoms with Gasteiger partial charge in [0.25, 0.3) is 0 Å². The molecule has 0 aliphatic heterocycles. The van der Waals surface area contributed by atoms with Crippen LogP contribution < -0.4 is 21.3 Å². The number of carbonyl (C=O) groups is 4. The number of benzene rings is 2. The normalized spacial score (nSPS) is 17.5. The molecule has 0 heterocycles. The number of hydrogen-bond donors (Lipinski definition) is 4. The van der Waals surface area contributed by atoms with Crippen LogP contribution in [-0.2, 0) is 19.2 Å². The first kappa shape index (κ1) is 22.0. The molecule has 0 radical (unpaired) electrons. The van der Waals surface area contributed by atoms with Crippen molar-refractivity contribution in [2.75, 3.05) is 21.3 Å². The van der Waals surface area contributed by atoms with E-state index in [0.717, 1.165) is 6.42 Å². The molecule has 8 nitrogen and oxygen atoms in total. The first-order chi connectivity index (χ1) is 14.8. The first-order valence-electron chi connectivity index (χ1n) is 10.2. The van der Waals surface area contributed by atoms with E-state index < -0.39 is 11.8 Å². The SMILES string of the molecule is CC(=O)Nc1cccc(NC(=O)[C@H]2CCC[C@@H]2C(=O)Nc2cccc(NC(C)=O)c2)c1. The summed E-state index contributed by atoms with van der Waals surface area (Å²) in [5.41, 5.74) is 2.30. The average Bonchev–Trinajstić information content (AvgIpc) is 3.17. The van der Waals surface area contributed by atoms with Gasteiger partial charge in [0.05, 0.1) is 0 Å². The molecule has 1 saturated carbocycles. The Morgan fingerprint density at radius 3 is 1.35 bits per heavy atom. The molecule has 0 spiro atoms. The Balaban J connectivity index is 1.65. The maximum Gasteiger partial charge on any atom is 0.228 e. The first-order valence-corrected chi connectivity index (χ1v) is 10.2. The summed E-state index contributed by atoms with van der Waals surface area (Å²) >= 11 is 0. The third-order valence-corrected chi connectivity index (χ3v) is 5.09. The molecule has 0 unspecified atom stereocenters. The minimum absolute atomic E-state index is 0.196. The summed E-state index contributed by atoms with van der Waals surface area (Å²) in [5.74, 6) is -1.71. The van der Waals surface area contributed by atoms with Gasteiger partial charge in [-0.2, -0.15) is 0 Å². The van der Waals surface area contributed by atoms with Gasteiger partial charge in [0, 0.05) is 48.4 Å². The number of rotatable bonds is 6. The Morgan fingerprint density at radius 1 is 0.645 bits per heavy atom. The summed E-state index contributed by atoms with van der Waals surface area (Å²) < 4.78 is 0. The van der Waals surface area contributed by atoms with Crippen LogP contribution in [0.1, 0.15) is 33.1 Å². The molecule has 1 aliphatic rings. The van der Waals surface area contributed by atoms with Crippen LogP contribution in [0.4, 0.5) is 22.7 Å². The van der Waals surface area contributed by atoms with E-state index in [4.69, 9.17) is 0 Å². The number of anilines is 4. The number of nitrogens with one attached hydrogen (secondary N) is 4. The molecule has 0 saturated heterocycles. The summed E-state index contributed by atoms with van der Waals surface area (Å²) in [6, 6.07) is 13.8. The largest absolute Gasteiger partial charge is 0.326 e. The molecule has 162 valence electrons. The van der Waals surface area contributed by atoms with Crippen LogP contribution in [0.2, 0.25) is 0 Å². The van der Waals surface area contributed by atoms with Gasteiger partial charge in [0.1, 0.15) is 0 Å². The molecular weight excluding hydrogens is 396 g/mol. The summed E-state index contributed by atoms with van der Waals surface area (Å²) in [6.45, 7) is 2.83. The van der Waals surface area contributed by atoms with Gasteiger partial charge in [-0.1, -0.05) is 18.6 Å². The third-order valence-electron chi connectivity index (χ3n) is 5.09. The van der Waals surface area contributed by atoms with Crippen LogP contribution in [0.15, 0.2) is 48.5 Å². The van der Waals surface area contributed by atoms with Crippen LogP contribution in [-0.4, -0.2) is 23.6 Å². The van der Waals surface area contributed by atoms with Crippen molar-refractivity contribution in [3.63, 3.8) is 0 Å². The number of amides is 4. The van der Waals surface area contributed by atoms with Crippen LogP contribution in [0.25, 0.3) is 0 Å². The van der Waals surface area contributed by atoms with Crippen molar-refractivity contribution in [3.05, 3.63) is 48.5 Å². The van der Waals surface area contributed by atoms with Crippen molar-refractivity contribution in [3.8, 4) is 0 Å². The molecule has 31 heavy (non-hydrogen) atoms. The Hall–Kier alpha value is -3.68. The Kier molecular flexibility index (Phi) is 7.02. The Morgan fingerprint density at radius 2 is 1.00 bits per heavy atom. The smallest absolute Gasteiger partial charge is 0.228 e. The second kappa shape index (κ2) is 9.88. The fourth-order valence-corrected chi connectivity index (χ4v) is 3.81. The van der Waals surface area contributed by atoms with E-state index in [2.05, 4.69) is 21.3 Å². The molecule has 0 bridgehead atoms. The zero-order valence-corrected chi connectivity index (χ0v) is 17.5. The lowest BCUT2D eigenvalue weighted by Crippen LogP contribution is -2.33. The van der Waals surface area contributed by atoms with Crippen molar-refractivity contribution in [2.45, 2.75) is 33.1 Å². The van der Waals surface area contributed by atoms with Crippen LogP contribution in [0, 0.1) is 11.8 Å². The highest BCUT2D eigenvalue weighted by Gasteiger charge is 2.37. The highest BCUT2D eigenvalue weighted by molar-refractivity contribution is 6.01. The molecule has 4 N–H and O–H groups in total. The molecule has 1 fully saturated rings. The van der Waals surface area contributed by atoms with Crippen molar-refractivity contribution >= 4 is 46.4 Å². The van der Waals surface area contributed by atoms with Crippen molar-refractivity contribution in [2.24, 2.45) is 11.8 Å². The average molecular weight is 422 g/mol. The standard InChI is InChI=1S/C23H26N4O4/c1-14(28)24-16-6-3-8-18(12-16)26-22(30)20-10-5-11-21(20)23(31)27-19-9-4-7-17(13-19)25-15(2)29/h3-4,6-9,12-13,20-21H,5,10-11H2,1-2H3,(H,24,28)(H,25,29)(H,26,30)(H,27,31)/t20-,21-/m0/s1. The maximum absolute atomic E-state index is 12.9. The molecule has 8 heteroatoms. The van der Waals surface area contributed by atoms with Crippen molar-refractivity contribution < 1.29 is 19.2 Å². The minimum Gasteiger partial charge on any atom is -0.326 e. The number of hydrogen-bond acceptors (Lipinski definition) is 4.